The third-order valence-electron chi connectivity index (χ3n) is 4.39. The fourth-order valence-corrected chi connectivity index (χ4v) is 3.09. The first-order valence-electron chi connectivity index (χ1n) is 7.12. The molecule has 0 aromatic heterocycles. The van der Waals surface area contributed by atoms with E-state index in [0.29, 0.717) is 5.41 Å². The maximum absolute atomic E-state index is 3.90. The Morgan fingerprint density at radius 3 is 2.38 bits per heavy atom. The van der Waals surface area contributed by atoms with Crippen LogP contribution in [0.2, 0.25) is 0 Å². The van der Waals surface area contributed by atoms with Gasteiger partial charge in [-0.25, -0.2) is 0 Å². The van der Waals surface area contributed by atoms with Crippen molar-refractivity contribution in [2.24, 2.45) is 5.41 Å². The maximum atomic E-state index is 3.90. The fourth-order valence-electron chi connectivity index (χ4n) is 3.09. The van der Waals surface area contributed by atoms with Gasteiger partial charge in [-0.1, -0.05) is 13.8 Å². The highest BCUT2D eigenvalue weighted by molar-refractivity contribution is 4.85. The van der Waals surface area contributed by atoms with Crippen LogP contribution in [0.25, 0.3) is 0 Å². The van der Waals surface area contributed by atoms with Gasteiger partial charge >= 0.3 is 0 Å². The Hall–Kier alpha value is -0.0800. The van der Waals surface area contributed by atoms with Gasteiger partial charge in [0, 0.05) is 12.1 Å². The van der Waals surface area contributed by atoms with Crippen LogP contribution >= 0.6 is 0 Å². The highest BCUT2D eigenvalue weighted by Crippen LogP contribution is 2.35. The van der Waals surface area contributed by atoms with Gasteiger partial charge in [-0.15, -0.1) is 0 Å². The summed E-state index contributed by atoms with van der Waals surface area (Å²) in [5.41, 5.74) is 0.600. The molecule has 0 radical (unpaired) electrons. The van der Waals surface area contributed by atoms with Gasteiger partial charge < -0.3 is 10.6 Å². The highest BCUT2D eigenvalue weighted by atomic mass is 15.0. The van der Waals surface area contributed by atoms with Gasteiger partial charge in [-0.05, 0) is 63.5 Å². The summed E-state index contributed by atoms with van der Waals surface area (Å²) in [5, 5.41) is 7.38. The molecule has 0 bridgehead atoms. The Morgan fingerprint density at radius 2 is 1.62 bits per heavy atom. The van der Waals surface area contributed by atoms with Crippen molar-refractivity contribution in [2.45, 2.75) is 70.9 Å². The second-order valence-electron chi connectivity index (χ2n) is 6.48. The molecule has 2 aliphatic rings. The van der Waals surface area contributed by atoms with E-state index < -0.39 is 0 Å². The predicted octanol–water partition coefficient (Wildman–Crippen LogP) is 2.69. The summed E-state index contributed by atoms with van der Waals surface area (Å²) >= 11 is 0. The molecule has 0 aromatic carbocycles. The smallest absolute Gasteiger partial charge is 0.00822 e. The molecule has 0 spiro atoms. The van der Waals surface area contributed by atoms with Crippen LogP contribution in [-0.4, -0.2) is 25.2 Å². The first kappa shape index (κ1) is 12.4. The van der Waals surface area contributed by atoms with Crippen LogP contribution in [-0.2, 0) is 0 Å². The molecule has 1 saturated heterocycles. The lowest BCUT2D eigenvalue weighted by Gasteiger charge is -2.36. The summed E-state index contributed by atoms with van der Waals surface area (Å²) < 4.78 is 0. The third-order valence-corrected chi connectivity index (χ3v) is 4.39. The van der Waals surface area contributed by atoms with Crippen molar-refractivity contribution in [3.05, 3.63) is 0 Å². The molecule has 1 atom stereocenters. The Bertz CT molecular complexity index is 195. The molecular weight excluding hydrogens is 196 g/mol. The SMILES string of the molecule is CC1(C)CCC(NC2CCCNCC2)CC1. The molecule has 1 heterocycles. The monoisotopic (exact) mass is 224 g/mol. The first-order valence-corrected chi connectivity index (χ1v) is 7.12. The summed E-state index contributed by atoms with van der Waals surface area (Å²) in [7, 11) is 0. The molecule has 0 amide bonds. The average Bonchev–Trinajstić information content (AvgIpc) is 2.50. The molecule has 2 fully saturated rings. The van der Waals surface area contributed by atoms with E-state index in [4.69, 9.17) is 0 Å². The van der Waals surface area contributed by atoms with E-state index >= 15 is 0 Å². The van der Waals surface area contributed by atoms with E-state index in [1.807, 2.05) is 0 Å². The lowest BCUT2D eigenvalue weighted by atomic mass is 9.75. The summed E-state index contributed by atoms with van der Waals surface area (Å²) in [6.45, 7) is 7.25. The minimum absolute atomic E-state index is 0.600. The molecule has 16 heavy (non-hydrogen) atoms. The van der Waals surface area contributed by atoms with Gasteiger partial charge in [0.25, 0.3) is 0 Å². The molecular formula is C14H28N2. The third kappa shape index (κ3) is 3.74. The largest absolute Gasteiger partial charge is 0.317 e. The van der Waals surface area contributed by atoms with Gasteiger partial charge in [0.15, 0.2) is 0 Å². The number of hydrogen-bond donors (Lipinski definition) is 2. The van der Waals surface area contributed by atoms with Gasteiger partial charge in [-0.2, -0.15) is 0 Å². The van der Waals surface area contributed by atoms with E-state index in [2.05, 4.69) is 24.5 Å². The van der Waals surface area contributed by atoms with Gasteiger partial charge in [0.1, 0.15) is 0 Å². The van der Waals surface area contributed by atoms with Crippen LogP contribution in [0.15, 0.2) is 0 Å². The van der Waals surface area contributed by atoms with Crippen LogP contribution in [0.3, 0.4) is 0 Å². The fraction of sp³-hybridized carbons (Fsp3) is 1.00. The van der Waals surface area contributed by atoms with Crippen molar-refractivity contribution in [1.29, 1.82) is 0 Å². The minimum Gasteiger partial charge on any atom is -0.317 e. The summed E-state index contributed by atoms with van der Waals surface area (Å²) in [6.07, 6.45) is 9.60. The molecule has 1 unspecified atom stereocenters. The molecule has 1 saturated carbocycles. The van der Waals surface area contributed by atoms with Crippen LogP contribution in [0.4, 0.5) is 0 Å². The summed E-state index contributed by atoms with van der Waals surface area (Å²) in [5.74, 6) is 0. The highest BCUT2D eigenvalue weighted by Gasteiger charge is 2.27. The van der Waals surface area contributed by atoms with Crippen molar-refractivity contribution < 1.29 is 0 Å². The Balaban J connectivity index is 1.73. The number of hydrogen-bond acceptors (Lipinski definition) is 2. The van der Waals surface area contributed by atoms with Crippen LogP contribution in [0.1, 0.15) is 58.8 Å². The van der Waals surface area contributed by atoms with Crippen molar-refractivity contribution >= 4 is 0 Å². The van der Waals surface area contributed by atoms with E-state index in [0.717, 1.165) is 12.1 Å². The molecule has 2 heteroatoms. The van der Waals surface area contributed by atoms with E-state index in [-0.39, 0.29) is 0 Å². The Labute approximate surface area is 101 Å². The topological polar surface area (TPSA) is 24.1 Å². The van der Waals surface area contributed by atoms with Crippen molar-refractivity contribution in [2.75, 3.05) is 13.1 Å². The first-order chi connectivity index (χ1) is 7.66. The van der Waals surface area contributed by atoms with E-state index in [1.54, 1.807) is 0 Å². The van der Waals surface area contributed by atoms with Crippen LogP contribution in [0, 0.1) is 5.41 Å². The maximum Gasteiger partial charge on any atom is 0.00822 e. The molecule has 2 rings (SSSR count). The van der Waals surface area contributed by atoms with Crippen LogP contribution < -0.4 is 10.6 Å². The minimum atomic E-state index is 0.600. The molecule has 94 valence electrons. The zero-order valence-corrected chi connectivity index (χ0v) is 11.0. The van der Waals surface area contributed by atoms with Crippen LogP contribution in [0.5, 0.6) is 0 Å². The lowest BCUT2D eigenvalue weighted by molar-refractivity contribution is 0.195. The Kier molecular flexibility index (Phi) is 4.26. The van der Waals surface area contributed by atoms with Gasteiger partial charge in [-0.3, -0.25) is 0 Å². The Morgan fingerprint density at radius 1 is 0.938 bits per heavy atom. The second kappa shape index (κ2) is 5.50. The van der Waals surface area contributed by atoms with Crippen molar-refractivity contribution in [3.8, 4) is 0 Å². The predicted molar refractivity (Wildman–Crippen MR) is 69.7 cm³/mol. The number of nitrogens with one attached hydrogen (secondary N) is 2. The summed E-state index contributed by atoms with van der Waals surface area (Å²) in [4.78, 5) is 0. The summed E-state index contributed by atoms with van der Waals surface area (Å²) in [6, 6.07) is 1.58. The standard InChI is InChI=1S/C14H28N2/c1-14(2)8-5-13(6-9-14)16-12-4-3-10-15-11-7-12/h12-13,15-16H,3-11H2,1-2H3. The lowest BCUT2D eigenvalue weighted by Crippen LogP contribution is -2.42. The van der Waals surface area contributed by atoms with Crippen molar-refractivity contribution in [1.82, 2.24) is 10.6 Å². The molecule has 2 nitrogen and oxygen atoms in total. The van der Waals surface area contributed by atoms with Gasteiger partial charge in [0.2, 0.25) is 0 Å². The molecule has 0 aromatic rings. The van der Waals surface area contributed by atoms with E-state index in [1.165, 1.54) is 58.0 Å². The van der Waals surface area contributed by atoms with Crippen molar-refractivity contribution in [3.63, 3.8) is 0 Å². The molecule has 1 aliphatic carbocycles. The van der Waals surface area contributed by atoms with E-state index in [9.17, 15) is 0 Å². The van der Waals surface area contributed by atoms with Gasteiger partial charge in [0.05, 0.1) is 0 Å². The quantitative estimate of drug-likeness (QED) is 0.753. The number of rotatable bonds is 2. The zero-order valence-electron chi connectivity index (χ0n) is 11.0. The second-order valence-corrected chi connectivity index (χ2v) is 6.48. The average molecular weight is 224 g/mol. The molecule has 2 N–H and O–H groups in total. The zero-order chi connectivity index (χ0) is 11.4. The normalized spacial score (nSPS) is 32.2. The molecule has 1 aliphatic heterocycles.